The number of allylic oxidation sites excluding steroid dienone is 2. The molecular weight excluding hydrogens is 864 g/mol. The highest BCUT2D eigenvalue weighted by Crippen LogP contribution is 2.43. The molecule has 2 aliphatic carbocycles. The van der Waals surface area contributed by atoms with Crippen LogP contribution in [0.3, 0.4) is 0 Å². The normalized spacial score (nSPS) is 22.4. The highest BCUT2D eigenvalue weighted by Gasteiger charge is 2.53. The van der Waals surface area contributed by atoms with E-state index in [0.717, 1.165) is 17.7 Å². The van der Waals surface area contributed by atoms with Crippen LogP contribution in [0.15, 0.2) is 36.5 Å². The predicted molar refractivity (Wildman–Crippen MR) is 230 cm³/mol. The maximum Gasteiger partial charge on any atom is 0.427 e. The molecule has 64 heavy (non-hydrogen) atoms. The van der Waals surface area contributed by atoms with E-state index in [1.807, 2.05) is 26.0 Å². The maximum absolute atomic E-state index is 14.7. The first-order valence-corrected chi connectivity index (χ1v) is 23.2. The van der Waals surface area contributed by atoms with Crippen LogP contribution >= 0.6 is 0 Å². The summed E-state index contributed by atoms with van der Waals surface area (Å²) in [5, 5.41) is 3.58. The molecular formula is C44H62F3N5O11S. The van der Waals surface area contributed by atoms with Gasteiger partial charge < -0.3 is 39.6 Å². The van der Waals surface area contributed by atoms with Crippen molar-refractivity contribution in [3.05, 3.63) is 36.5 Å². The summed E-state index contributed by atoms with van der Waals surface area (Å²) in [6.07, 6.45) is 2.49. The molecule has 1 saturated heterocycles. The van der Waals surface area contributed by atoms with E-state index < -0.39 is 80.4 Å². The van der Waals surface area contributed by atoms with Gasteiger partial charge in [-0.25, -0.2) is 18.2 Å². The number of nitrogens with one attached hydrogen (secondary N) is 2. The van der Waals surface area contributed by atoms with Crippen molar-refractivity contribution in [2.45, 2.75) is 127 Å². The molecule has 20 heteroatoms. The SMILES string of the molecule is CCOc1cnc(O[C@@H]2C[C@@H](C(N)=O)N(C(=O)[C@@H](NC(=O)OC(C)(C)C(F)(F)F)[C@H](COC)C[C@@H](C)CC/C=C\[C@@H]3CCCC3C(=O)NS(=O)(=O)C3(C)CC3)C2)c2ccc(OC)cc12. The first-order valence-electron chi connectivity index (χ1n) is 21.7. The van der Waals surface area contributed by atoms with Gasteiger partial charge in [-0.05, 0) is 103 Å². The first-order chi connectivity index (χ1) is 30.0. The number of methoxy groups -OCH3 is 2. The number of nitrogens with two attached hydrogens (primary N) is 1. The van der Waals surface area contributed by atoms with Crippen LogP contribution < -0.4 is 30.0 Å². The van der Waals surface area contributed by atoms with Crippen molar-refractivity contribution in [2.24, 2.45) is 29.4 Å². The lowest BCUT2D eigenvalue weighted by Crippen LogP contribution is -2.57. The molecule has 1 aliphatic heterocycles. The average molecular weight is 926 g/mol. The van der Waals surface area contributed by atoms with Gasteiger partial charge in [0.05, 0.1) is 37.8 Å². The molecule has 2 heterocycles. The van der Waals surface area contributed by atoms with Crippen LogP contribution in [0, 0.1) is 23.7 Å². The van der Waals surface area contributed by atoms with E-state index >= 15 is 0 Å². The summed E-state index contributed by atoms with van der Waals surface area (Å²) < 4.78 is 96.1. The Morgan fingerprint density at radius 3 is 2.45 bits per heavy atom. The van der Waals surface area contributed by atoms with Gasteiger partial charge in [-0.1, -0.05) is 25.5 Å². The van der Waals surface area contributed by atoms with Gasteiger partial charge in [0.25, 0.3) is 0 Å². The molecule has 356 valence electrons. The summed E-state index contributed by atoms with van der Waals surface area (Å²) in [4.78, 5) is 59.5. The number of carbonyl (C=O) groups is 4. The van der Waals surface area contributed by atoms with Crippen LogP contribution in [0.1, 0.15) is 92.4 Å². The number of hydrogen-bond donors (Lipinski definition) is 3. The number of rotatable bonds is 21. The van der Waals surface area contributed by atoms with Gasteiger partial charge in [0, 0.05) is 36.1 Å². The summed E-state index contributed by atoms with van der Waals surface area (Å²) in [7, 11) is -0.856. The van der Waals surface area contributed by atoms with Gasteiger partial charge in [0.15, 0.2) is 0 Å². The van der Waals surface area contributed by atoms with Crippen molar-refractivity contribution in [1.82, 2.24) is 19.9 Å². The molecule has 4 amide bonds. The van der Waals surface area contributed by atoms with Gasteiger partial charge in [0.2, 0.25) is 39.2 Å². The van der Waals surface area contributed by atoms with E-state index in [9.17, 15) is 40.8 Å². The monoisotopic (exact) mass is 925 g/mol. The lowest BCUT2D eigenvalue weighted by atomic mass is 9.86. The molecule has 4 N–H and O–H groups in total. The Labute approximate surface area is 372 Å². The smallest absolute Gasteiger partial charge is 0.427 e. The van der Waals surface area contributed by atoms with Gasteiger partial charge >= 0.3 is 12.3 Å². The topological polar surface area (TPSA) is 215 Å². The molecule has 2 saturated carbocycles. The number of halogens is 3. The van der Waals surface area contributed by atoms with Crippen molar-refractivity contribution < 1.29 is 64.5 Å². The summed E-state index contributed by atoms with van der Waals surface area (Å²) in [5.74, 6) is -2.53. The number of alkyl halides is 3. The van der Waals surface area contributed by atoms with E-state index in [1.54, 1.807) is 25.1 Å². The highest BCUT2D eigenvalue weighted by molar-refractivity contribution is 7.91. The minimum atomic E-state index is -4.94. The summed E-state index contributed by atoms with van der Waals surface area (Å²) in [6.45, 7) is 6.79. The minimum Gasteiger partial charge on any atom is -0.497 e. The molecule has 0 spiro atoms. The summed E-state index contributed by atoms with van der Waals surface area (Å²) in [6, 6.07) is 2.46. The van der Waals surface area contributed by atoms with Crippen LogP contribution in [0.4, 0.5) is 18.0 Å². The molecule has 3 fully saturated rings. The Bertz CT molecular complexity index is 2150. The Kier molecular flexibility index (Phi) is 16.1. The number of primary amides is 1. The Balaban J connectivity index is 1.33. The number of likely N-dealkylation sites (tertiary alicyclic amines) is 1. The number of sulfonamides is 1. The molecule has 0 radical (unpaired) electrons. The second-order valence-electron chi connectivity index (χ2n) is 17.9. The molecule has 5 rings (SSSR count). The average Bonchev–Trinajstić information content (AvgIpc) is 3.60. The summed E-state index contributed by atoms with van der Waals surface area (Å²) in [5.41, 5.74) is 2.93. The molecule has 2 aromatic rings. The lowest BCUT2D eigenvalue weighted by molar-refractivity contribution is -0.244. The number of alkyl carbamates (subject to hydrolysis) is 1. The van der Waals surface area contributed by atoms with E-state index in [0.29, 0.717) is 74.8 Å². The molecule has 1 aromatic carbocycles. The highest BCUT2D eigenvalue weighted by atomic mass is 32.2. The van der Waals surface area contributed by atoms with Crippen molar-refractivity contribution in [3.8, 4) is 17.4 Å². The number of pyridine rings is 1. The summed E-state index contributed by atoms with van der Waals surface area (Å²) >= 11 is 0. The van der Waals surface area contributed by atoms with Crippen LogP contribution in [0.2, 0.25) is 0 Å². The van der Waals surface area contributed by atoms with Gasteiger partial charge in [-0.3, -0.25) is 19.1 Å². The number of fused-ring (bicyclic) bond motifs is 1. The standard InChI is InChI=1S/C44H62F3N5O11S/c1-8-61-35-23-49-39(32-17-16-29(60-7)21-33(32)35)62-30-22-34(37(48)53)52(24-30)40(55)36(50-41(56)63-42(3,4)44(45,46)47)28(25-59-6)20-26(2)12-9-10-13-27-14-11-15-31(27)38(54)51-64(57,58)43(5)18-19-43/h10,13,16-17,21,23,26-28,30-31,34,36H,8-9,11-12,14-15,18-20,22,24-25H2,1-7H3,(H2,48,53)(H,50,56)(H,51,54)/b13-10-/t26-,27+,28-,30+,31?,34-,36-/m0/s1. The number of carbonyl (C=O) groups excluding carboxylic acids is 4. The van der Waals surface area contributed by atoms with Crippen molar-refractivity contribution >= 4 is 44.6 Å². The van der Waals surface area contributed by atoms with Crippen LogP contribution in [-0.4, -0.2) is 111 Å². The number of ether oxygens (including phenoxy) is 5. The number of benzene rings is 1. The molecule has 7 atom stereocenters. The Morgan fingerprint density at radius 2 is 1.83 bits per heavy atom. The molecule has 16 nitrogen and oxygen atoms in total. The fourth-order valence-corrected chi connectivity index (χ4v) is 9.65. The lowest BCUT2D eigenvalue weighted by Gasteiger charge is -2.34. The van der Waals surface area contributed by atoms with E-state index in [4.69, 9.17) is 29.4 Å². The third-order valence-electron chi connectivity index (χ3n) is 12.6. The zero-order valence-electron chi connectivity index (χ0n) is 37.5. The molecule has 3 aliphatic rings. The molecule has 1 unspecified atom stereocenters. The fraction of sp³-hybridized carbons (Fsp3) is 0.659. The third kappa shape index (κ3) is 11.9. The maximum atomic E-state index is 14.7. The number of aromatic nitrogens is 1. The number of amides is 4. The zero-order chi connectivity index (χ0) is 47.2. The predicted octanol–water partition coefficient (Wildman–Crippen LogP) is 5.95. The molecule has 0 bridgehead atoms. The van der Waals surface area contributed by atoms with Crippen molar-refractivity contribution in [2.75, 3.05) is 34.0 Å². The van der Waals surface area contributed by atoms with Crippen LogP contribution in [0.5, 0.6) is 17.4 Å². The van der Waals surface area contributed by atoms with Crippen LogP contribution in [0.25, 0.3) is 10.8 Å². The second-order valence-corrected chi connectivity index (χ2v) is 20.1. The first kappa shape index (κ1) is 50.2. The number of nitrogens with zero attached hydrogens (tertiary/aromatic N) is 2. The van der Waals surface area contributed by atoms with Crippen LogP contribution in [-0.2, 0) is 33.9 Å². The van der Waals surface area contributed by atoms with Gasteiger partial charge in [-0.2, -0.15) is 13.2 Å². The van der Waals surface area contributed by atoms with Gasteiger partial charge in [0.1, 0.15) is 29.7 Å². The Morgan fingerprint density at radius 1 is 1.11 bits per heavy atom. The van der Waals surface area contributed by atoms with Crippen molar-refractivity contribution in [3.63, 3.8) is 0 Å². The van der Waals surface area contributed by atoms with E-state index in [-0.39, 0.29) is 43.7 Å². The van der Waals surface area contributed by atoms with E-state index in [1.165, 1.54) is 20.4 Å². The van der Waals surface area contributed by atoms with Crippen molar-refractivity contribution in [1.29, 1.82) is 0 Å². The molecule has 1 aromatic heterocycles. The van der Waals surface area contributed by atoms with E-state index in [2.05, 4.69) is 15.0 Å². The largest absolute Gasteiger partial charge is 0.497 e. The fourth-order valence-electron chi connectivity index (χ4n) is 8.34. The minimum absolute atomic E-state index is 0.0533. The second kappa shape index (κ2) is 20.5. The zero-order valence-corrected chi connectivity index (χ0v) is 38.3. The quantitative estimate of drug-likeness (QED) is 0.124. The Hall–Kier alpha value is -4.85. The van der Waals surface area contributed by atoms with Gasteiger partial charge in [-0.15, -0.1) is 0 Å². The number of hydrogen-bond acceptors (Lipinski definition) is 12. The third-order valence-corrected chi connectivity index (χ3v) is 14.7.